The second-order valence-electron chi connectivity index (χ2n) is 5.71. The van der Waals surface area contributed by atoms with Crippen molar-refractivity contribution in [2.24, 2.45) is 0 Å². The Morgan fingerprint density at radius 3 is 2.58 bits per heavy atom. The van der Waals surface area contributed by atoms with Crippen LogP contribution in [0.25, 0.3) is 0 Å². The Morgan fingerprint density at radius 2 is 1.88 bits per heavy atom. The zero-order chi connectivity index (χ0) is 18.2. The molecule has 0 unspecified atom stereocenters. The Balaban J connectivity index is 1.45. The fourth-order valence-corrected chi connectivity index (χ4v) is 4.60. The summed E-state index contributed by atoms with van der Waals surface area (Å²) in [6, 6.07) is 13.1. The molecule has 140 valence electrons. The van der Waals surface area contributed by atoms with Crippen molar-refractivity contribution in [1.29, 1.82) is 0 Å². The molecule has 1 fully saturated rings. The summed E-state index contributed by atoms with van der Waals surface area (Å²) in [5, 5.41) is 0.811. The van der Waals surface area contributed by atoms with Crippen LogP contribution in [0.4, 0.5) is 0 Å². The molecule has 0 spiro atoms. The van der Waals surface area contributed by atoms with Crippen LogP contribution >= 0.6 is 11.8 Å². The van der Waals surface area contributed by atoms with Crippen molar-refractivity contribution in [1.82, 2.24) is 9.29 Å². The molecule has 0 N–H and O–H groups in total. The molecule has 3 rings (SSSR count). The van der Waals surface area contributed by atoms with Gasteiger partial charge in [-0.05, 0) is 30.7 Å². The lowest BCUT2D eigenvalue weighted by atomic mass is 10.3. The van der Waals surface area contributed by atoms with Crippen molar-refractivity contribution in [3.8, 4) is 5.75 Å². The SMILES string of the molecule is O=S(=O)(c1ccc(SCCCOc2ccccc2)nc1)N1CCOCC1. The quantitative estimate of drug-likeness (QED) is 0.506. The topological polar surface area (TPSA) is 68.7 Å². The van der Waals surface area contributed by atoms with E-state index in [-0.39, 0.29) is 4.90 Å². The third-order valence-corrected chi connectivity index (χ3v) is 6.78. The molecule has 0 bridgehead atoms. The summed E-state index contributed by atoms with van der Waals surface area (Å²) >= 11 is 1.59. The van der Waals surface area contributed by atoms with E-state index in [9.17, 15) is 8.42 Å². The van der Waals surface area contributed by atoms with Crippen LogP contribution < -0.4 is 4.74 Å². The van der Waals surface area contributed by atoms with Gasteiger partial charge in [0.15, 0.2) is 0 Å². The summed E-state index contributed by atoms with van der Waals surface area (Å²) in [6.07, 6.45) is 2.32. The van der Waals surface area contributed by atoms with Crippen molar-refractivity contribution >= 4 is 21.8 Å². The van der Waals surface area contributed by atoms with Crippen LogP contribution in [-0.2, 0) is 14.8 Å². The predicted molar refractivity (Wildman–Crippen MR) is 101 cm³/mol. The maximum atomic E-state index is 12.5. The Labute approximate surface area is 158 Å². The van der Waals surface area contributed by atoms with Crippen molar-refractivity contribution < 1.29 is 17.9 Å². The number of morpholine rings is 1. The minimum atomic E-state index is -3.48. The molecule has 0 saturated carbocycles. The molecule has 8 heteroatoms. The largest absolute Gasteiger partial charge is 0.494 e. The van der Waals surface area contributed by atoms with Gasteiger partial charge in [-0.15, -0.1) is 11.8 Å². The first-order chi connectivity index (χ1) is 12.7. The molecule has 2 heterocycles. The molecular formula is C18H22N2O4S2. The Kier molecular flexibility index (Phi) is 6.90. The maximum Gasteiger partial charge on any atom is 0.244 e. The lowest BCUT2D eigenvalue weighted by Gasteiger charge is -2.25. The Morgan fingerprint density at radius 1 is 1.12 bits per heavy atom. The van der Waals surface area contributed by atoms with E-state index in [1.165, 1.54) is 10.5 Å². The maximum absolute atomic E-state index is 12.5. The highest BCUT2D eigenvalue weighted by molar-refractivity contribution is 7.99. The average molecular weight is 395 g/mol. The van der Waals surface area contributed by atoms with Gasteiger partial charge in [0, 0.05) is 25.0 Å². The van der Waals surface area contributed by atoms with E-state index in [0.717, 1.165) is 22.9 Å². The van der Waals surface area contributed by atoms with Crippen LogP contribution in [0.2, 0.25) is 0 Å². The van der Waals surface area contributed by atoms with Gasteiger partial charge in [-0.2, -0.15) is 4.31 Å². The third kappa shape index (κ3) is 5.20. The Hall–Kier alpha value is -1.61. The summed E-state index contributed by atoms with van der Waals surface area (Å²) in [5.41, 5.74) is 0. The fraction of sp³-hybridized carbons (Fsp3) is 0.389. The molecule has 1 saturated heterocycles. The summed E-state index contributed by atoms with van der Waals surface area (Å²) < 4.78 is 37.4. The molecule has 1 aromatic carbocycles. The number of aromatic nitrogens is 1. The average Bonchev–Trinajstić information content (AvgIpc) is 2.69. The predicted octanol–water partition coefficient (Wildman–Crippen LogP) is 2.66. The number of hydrogen-bond acceptors (Lipinski definition) is 6. The van der Waals surface area contributed by atoms with E-state index in [4.69, 9.17) is 9.47 Å². The third-order valence-electron chi connectivity index (χ3n) is 3.87. The summed E-state index contributed by atoms with van der Waals surface area (Å²) in [7, 11) is -3.48. The van der Waals surface area contributed by atoms with Crippen molar-refractivity contribution in [2.75, 3.05) is 38.7 Å². The van der Waals surface area contributed by atoms with E-state index < -0.39 is 10.0 Å². The number of thioether (sulfide) groups is 1. The van der Waals surface area contributed by atoms with E-state index in [1.54, 1.807) is 23.9 Å². The van der Waals surface area contributed by atoms with E-state index in [1.807, 2.05) is 30.3 Å². The second kappa shape index (κ2) is 9.36. The fourth-order valence-electron chi connectivity index (χ4n) is 2.48. The molecule has 6 nitrogen and oxygen atoms in total. The van der Waals surface area contributed by atoms with Crippen LogP contribution in [0.3, 0.4) is 0 Å². The standard InChI is InChI=1S/C18H22N2O4S2/c21-26(22,20-9-12-23-13-10-20)17-7-8-18(19-15-17)25-14-4-11-24-16-5-2-1-3-6-16/h1-3,5-8,15H,4,9-14H2. The van der Waals surface area contributed by atoms with Crippen LogP contribution in [0, 0.1) is 0 Å². The lowest BCUT2D eigenvalue weighted by molar-refractivity contribution is 0.0730. The smallest absolute Gasteiger partial charge is 0.244 e. The number of para-hydroxylation sites is 1. The van der Waals surface area contributed by atoms with Gasteiger partial charge in [0.05, 0.1) is 24.8 Å². The van der Waals surface area contributed by atoms with Crippen molar-refractivity contribution in [2.45, 2.75) is 16.3 Å². The number of hydrogen-bond donors (Lipinski definition) is 0. The van der Waals surface area contributed by atoms with Crippen LogP contribution in [-0.4, -0.2) is 56.4 Å². The molecule has 0 aliphatic carbocycles. The van der Waals surface area contributed by atoms with Gasteiger partial charge in [0.2, 0.25) is 10.0 Å². The molecule has 1 aliphatic heterocycles. The van der Waals surface area contributed by atoms with Gasteiger partial charge in [-0.25, -0.2) is 13.4 Å². The van der Waals surface area contributed by atoms with Gasteiger partial charge in [0.1, 0.15) is 10.6 Å². The zero-order valence-corrected chi connectivity index (χ0v) is 16.0. The molecule has 26 heavy (non-hydrogen) atoms. The first-order valence-corrected chi connectivity index (χ1v) is 10.9. The number of ether oxygens (including phenoxy) is 2. The van der Waals surface area contributed by atoms with Gasteiger partial charge in [-0.3, -0.25) is 0 Å². The summed E-state index contributed by atoms with van der Waals surface area (Å²) in [4.78, 5) is 4.51. The number of sulfonamides is 1. The summed E-state index contributed by atoms with van der Waals surface area (Å²) in [5.74, 6) is 1.73. The molecule has 0 atom stereocenters. The van der Waals surface area contributed by atoms with E-state index >= 15 is 0 Å². The first kappa shape index (κ1) is 19.2. The highest BCUT2D eigenvalue weighted by Gasteiger charge is 2.26. The lowest BCUT2D eigenvalue weighted by Crippen LogP contribution is -2.40. The highest BCUT2D eigenvalue weighted by Crippen LogP contribution is 2.21. The van der Waals surface area contributed by atoms with Gasteiger partial charge in [0.25, 0.3) is 0 Å². The van der Waals surface area contributed by atoms with Gasteiger partial charge in [-0.1, -0.05) is 18.2 Å². The van der Waals surface area contributed by atoms with Gasteiger partial charge < -0.3 is 9.47 Å². The monoisotopic (exact) mass is 394 g/mol. The minimum Gasteiger partial charge on any atom is -0.494 e. The zero-order valence-electron chi connectivity index (χ0n) is 14.4. The molecule has 1 aromatic heterocycles. The van der Waals surface area contributed by atoms with E-state index in [0.29, 0.717) is 32.9 Å². The summed E-state index contributed by atoms with van der Waals surface area (Å²) in [6.45, 7) is 2.29. The number of pyridine rings is 1. The van der Waals surface area contributed by atoms with Crippen LogP contribution in [0.5, 0.6) is 5.75 Å². The molecule has 1 aliphatic rings. The van der Waals surface area contributed by atoms with E-state index in [2.05, 4.69) is 4.98 Å². The number of benzene rings is 1. The van der Waals surface area contributed by atoms with Crippen LogP contribution in [0.15, 0.2) is 58.6 Å². The van der Waals surface area contributed by atoms with Gasteiger partial charge >= 0.3 is 0 Å². The molecular weight excluding hydrogens is 372 g/mol. The minimum absolute atomic E-state index is 0.233. The normalized spacial score (nSPS) is 15.7. The number of nitrogens with zero attached hydrogens (tertiary/aromatic N) is 2. The first-order valence-electron chi connectivity index (χ1n) is 8.51. The van der Waals surface area contributed by atoms with Crippen molar-refractivity contribution in [3.63, 3.8) is 0 Å². The van der Waals surface area contributed by atoms with Crippen molar-refractivity contribution in [3.05, 3.63) is 48.7 Å². The highest BCUT2D eigenvalue weighted by atomic mass is 32.2. The Bertz CT molecular complexity index is 777. The molecule has 0 radical (unpaired) electrons. The molecule has 0 amide bonds. The number of rotatable bonds is 8. The second-order valence-corrected chi connectivity index (χ2v) is 8.77. The molecule has 2 aromatic rings. The van der Waals surface area contributed by atoms with Crippen LogP contribution in [0.1, 0.15) is 6.42 Å².